The van der Waals surface area contributed by atoms with E-state index in [1.807, 2.05) is 30.8 Å². The van der Waals surface area contributed by atoms with E-state index in [4.69, 9.17) is 4.74 Å². The van der Waals surface area contributed by atoms with Gasteiger partial charge < -0.3 is 14.6 Å². The van der Waals surface area contributed by atoms with Crippen LogP contribution >= 0.6 is 0 Å². The molecule has 0 bridgehead atoms. The summed E-state index contributed by atoms with van der Waals surface area (Å²) in [6.07, 6.45) is 6.50. The Bertz CT molecular complexity index is 563. The van der Waals surface area contributed by atoms with Crippen molar-refractivity contribution in [3.8, 4) is 0 Å². The Morgan fingerprint density at radius 1 is 1.53 bits per heavy atom. The third kappa shape index (κ3) is 3.12. The second-order valence-electron chi connectivity index (χ2n) is 4.33. The second-order valence-corrected chi connectivity index (χ2v) is 4.33. The summed E-state index contributed by atoms with van der Waals surface area (Å²) >= 11 is 0. The van der Waals surface area contributed by atoms with Crippen LogP contribution < -0.4 is 5.32 Å². The van der Waals surface area contributed by atoms with Gasteiger partial charge in [-0.2, -0.15) is 0 Å². The van der Waals surface area contributed by atoms with Crippen molar-refractivity contribution in [2.75, 3.05) is 20.2 Å². The molecule has 0 saturated carbocycles. The van der Waals surface area contributed by atoms with Crippen LogP contribution in [0.2, 0.25) is 0 Å². The van der Waals surface area contributed by atoms with Gasteiger partial charge in [0.15, 0.2) is 0 Å². The highest BCUT2D eigenvalue weighted by atomic mass is 16.5. The lowest BCUT2D eigenvalue weighted by Gasteiger charge is -2.04. The lowest BCUT2D eigenvalue weighted by Crippen LogP contribution is -2.13. The van der Waals surface area contributed by atoms with Crippen molar-refractivity contribution in [3.63, 3.8) is 0 Å². The average Bonchev–Trinajstić information content (AvgIpc) is 2.75. The first-order valence-electron chi connectivity index (χ1n) is 6.48. The quantitative estimate of drug-likeness (QED) is 0.798. The van der Waals surface area contributed by atoms with Gasteiger partial charge in [0, 0.05) is 17.8 Å². The monoisotopic (exact) mass is 261 g/mol. The number of nitrogens with one attached hydrogen (secondary N) is 1. The van der Waals surface area contributed by atoms with Crippen molar-refractivity contribution in [1.82, 2.24) is 14.9 Å². The molecule has 2 aromatic heterocycles. The van der Waals surface area contributed by atoms with Crippen molar-refractivity contribution < 1.29 is 9.53 Å². The highest BCUT2D eigenvalue weighted by molar-refractivity contribution is 5.84. The van der Waals surface area contributed by atoms with Gasteiger partial charge in [-0.05, 0) is 38.6 Å². The van der Waals surface area contributed by atoms with Crippen LogP contribution in [-0.4, -0.2) is 35.7 Å². The zero-order valence-corrected chi connectivity index (χ0v) is 11.3. The summed E-state index contributed by atoms with van der Waals surface area (Å²) in [4.78, 5) is 15.7. The minimum absolute atomic E-state index is 0.219. The molecule has 2 aromatic rings. The van der Waals surface area contributed by atoms with Gasteiger partial charge in [0.1, 0.15) is 6.54 Å². The van der Waals surface area contributed by atoms with Gasteiger partial charge in [-0.15, -0.1) is 0 Å². The molecule has 0 spiro atoms. The Labute approximate surface area is 112 Å². The van der Waals surface area contributed by atoms with Gasteiger partial charge in [0.25, 0.3) is 0 Å². The van der Waals surface area contributed by atoms with Crippen LogP contribution in [-0.2, 0) is 22.5 Å². The van der Waals surface area contributed by atoms with Gasteiger partial charge in [-0.3, -0.25) is 9.78 Å². The van der Waals surface area contributed by atoms with Crippen LogP contribution in [0.1, 0.15) is 12.5 Å². The summed E-state index contributed by atoms with van der Waals surface area (Å²) in [5.41, 5.74) is 2.19. The van der Waals surface area contributed by atoms with E-state index in [0.717, 1.165) is 23.9 Å². The van der Waals surface area contributed by atoms with Crippen LogP contribution in [0.15, 0.2) is 24.7 Å². The molecule has 0 atom stereocenters. The topological polar surface area (TPSA) is 56.1 Å². The molecule has 5 nitrogen and oxygen atoms in total. The van der Waals surface area contributed by atoms with Gasteiger partial charge >= 0.3 is 5.97 Å². The van der Waals surface area contributed by atoms with Gasteiger partial charge in [-0.25, -0.2) is 0 Å². The van der Waals surface area contributed by atoms with Crippen LogP contribution in [0.4, 0.5) is 0 Å². The predicted molar refractivity (Wildman–Crippen MR) is 74.0 cm³/mol. The molecule has 0 unspecified atom stereocenters. The molecule has 0 radical (unpaired) electrons. The number of carbonyl (C=O) groups is 1. The summed E-state index contributed by atoms with van der Waals surface area (Å²) in [5, 5.41) is 4.28. The average molecular weight is 261 g/mol. The molecule has 2 rings (SSSR count). The molecular formula is C14H19N3O2. The van der Waals surface area contributed by atoms with Crippen molar-refractivity contribution in [1.29, 1.82) is 0 Å². The molecule has 5 heteroatoms. The summed E-state index contributed by atoms with van der Waals surface area (Å²) in [6, 6.07) is 1.99. The largest absolute Gasteiger partial charge is 0.465 e. The minimum Gasteiger partial charge on any atom is -0.465 e. The SMILES string of the molecule is CCOC(=O)Cn1cc(CCNC)c2ccncc21. The third-order valence-corrected chi connectivity index (χ3v) is 3.02. The summed E-state index contributed by atoms with van der Waals surface area (Å²) < 4.78 is 6.90. The Kier molecular flexibility index (Phi) is 4.52. The van der Waals surface area contributed by atoms with E-state index >= 15 is 0 Å². The lowest BCUT2D eigenvalue weighted by molar-refractivity contribution is -0.143. The zero-order valence-electron chi connectivity index (χ0n) is 11.3. The number of nitrogens with zero attached hydrogens (tertiary/aromatic N) is 2. The molecule has 0 aromatic carbocycles. The third-order valence-electron chi connectivity index (χ3n) is 3.02. The number of hydrogen-bond donors (Lipinski definition) is 1. The highest BCUT2D eigenvalue weighted by Crippen LogP contribution is 2.20. The maximum atomic E-state index is 11.6. The highest BCUT2D eigenvalue weighted by Gasteiger charge is 2.11. The van der Waals surface area contributed by atoms with Crippen molar-refractivity contribution in [2.24, 2.45) is 0 Å². The number of rotatable bonds is 6. The number of likely N-dealkylation sites (N-methyl/N-ethyl adjacent to an activating group) is 1. The zero-order chi connectivity index (χ0) is 13.7. The molecule has 0 saturated heterocycles. The fourth-order valence-electron chi connectivity index (χ4n) is 2.15. The molecule has 0 aliphatic carbocycles. The Balaban J connectivity index is 2.30. The number of fused-ring (bicyclic) bond motifs is 1. The molecule has 1 N–H and O–H groups in total. The van der Waals surface area contributed by atoms with Crippen molar-refractivity contribution in [2.45, 2.75) is 19.9 Å². The Hall–Kier alpha value is -1.88. The van der Waals surface area contributed by atoms with E-state index in [0.29, 0.717) is 6.61 Å². The molecule has 102 valence electrons. The van der Waals surface area contributed by atoms with Crippen LogP contribution in [0.25, 0.3) is 10.9 Å². The first kappa shape index (κ1) is 13.5. The second kappa shape index (κ2) is 6.33. The molecule has 0 amide bonds. The maximum Gasteiger partial charge on any atom is 0.325 e. The number of pyridine rings is 1. The predicted octanol–water partition coefficient (Wildman–Crippen LogP) is 1.36. The minimum atomic E-state index is -0.219. The number of hydrogen-bond acceptors (Lipinski definition) is 4. The van der Waals surface area contributed by atoms with E-state index in [9.17, 15) is 4.79 Å². The molecule has 19 heavy (non-hydrogen) atoms. The van der Waals surface area contributed by atoms with E-state index in [1.54, 1.807) is 12.4 Å². The molecule has 0 aliphatic heterocycles. The fraction of sp³-hybridized carbons (Fsp3) is 0.429. The number of carbonyl (C=O) groups excluding carboxylic acids is 1. The summed E-state index contributed by atoms with van der Waals surface area (Å²) in [6.45, 7) is 3.35. The van der Waals surface area contributed by atoms with Crippen molar-refractivity contribution >= 4 is 16.9 Å². The summed E-state index contributed by atoms with van der Waals surface area (Å²) in [7, 11) is 1.93. The van der Waals surface area contributed by atoms with Crippen LogP contribution in [0, 0.1) is 0 Å². The Morgan fingerprint density at radius 2 is 2.37 bits per heavy atom. The van der Waals surface area contributed by atoms with Crippen molar-refractivity contribution in [3.05, 3.63) is 30.2 Å². The maximum absolute atomic E-state index is 11.6. The molecular weight excluding hydrogens is 242 g/mol. The lowest BCUT2D eigenvalue weighted by atomic mass is 10.1. The molecule has 2 heterocycles. The smallest absolute Gasteiger partial charge is 0.325 e. The first-order chi connectivity index (χ1) is 9.26. The van der Waals surface area contributed by atoms with Gasteiger partial charge in [0.2, 0.25) is 0 Å². The number of esters is 1. The van der Waals surface area contributed by atoms with Crippen LogP contribution in [0.3, 0.4) is 0 Å². The molecule has 0 fully saturated rings. The van der Waals surface area contributed by atoms with E-state index in [1.165, 1.54) is 5.56 Å². The fourth-order valence-corrected chi connectivity index (χ4v) is 2.15. The van der Waals surface area contributed by atoms with Gasteiger partial charge in [0.05, 0.1) is 18.3 Å². The standard InChI is InChI=1S/C14H19N3O2/c1-3-19-14(18)10-17-9-11(4-6-15-2)12-5-7-16-8-13(12)17/h5,7-9,15H,3-4,6,10H2,1-2H3. The number of ether oxygens (including phenoxy) is 1. The Morgan fingerprint density at radius 3 is 3.11 bits per heavy atom. The first-order valence-corrected chi connectivity index (χ1v) is 6.48. The molecule has 0 aliphatic rings. The van der Waals surface area contributed by atoms with Crippen LogP contribution in [0.5, 0.6) is 0 Å². The number of aromatic nitrogens is 2. The van der Waals surface area contributed by atoms with E-state index < -0.39 is 0 Å². The van der Waals surface area contributed by atoms with Gasteiger partial charge in [-0.1, -0.05) is 0 Å². The van der Waals surface area contributed by atoms with E-state index in [-0.39, 0.29) is 12.5 Å². The normalized spacial score (nSPS) is 10.8. The van der Waals surface area contributed by atoms with E-state index in [2.05, 4.69) is 10.3 Å². The summed E-state index contributed by atoms with van der Waals surface area (Å²) in [5.74, 6) is -0.219.